The maximum absolute atomic E-state index is 14.4. The Hall–Kier alpha value is -4.59. The Morgan fingerprint density at radius 1 is 1.04 bits per heavy atom. The van der Waals surface area contributed by atoms with Gasteiger partial charge in [-0.15, -0.1) is 11.8 Å². The van der Waals surface area contributed by atoms with Gasteiger partial charge in [-0.05, 0) is 104 Å². The zero-order chi connectivity index (χ0) is 39.5. The number of fused-ring (bicyclic) bond motifs is 3. The summed E-state index contributed by atoms with van der Waals surface area (Å²) in [6, 6.07) is 20.5. The monoisotopic (exact) mass is 813 g/mol. The molecule has 2 aliphatic rings. The third-order valence-electron chi connectivity index (χ3n) is 10.6. The molecule has 10 nitrogen and oxygen atoms in total. The van der Waals surface area contributed by atoms with E-state index in [0.29, 0.717) is 62.4 Å². The van der Waals surface area contributed by atoms with Crippen LogP contribution in [0.15, 0.2) is 71.6 Å². The second kappa shape index (κ2) is 17.5. The molecule has 0 N–H and O–H groups in total. The van der Waals surface area contributed by atoms with Crippen molar-refractivity contribution in [2.45, 2.75) is 75.8 Å². The van der Waals surface area contributed by atoms with E-state index < -0.39 is 5.97 Å². The number of halogens is 2. The lowest BCUT2D eigenvalue weighted by Crippen LogP contribution is -2.22. The maximum Gasteiger partial charge on any atom is 0.354 e. The summed E-state index contributed by atoms with van der Waals surface area (Å²) in [5.74, 6) is 1.45. The van der Waals surface area contributed by atoms with Gasteiger partial charge in [0.25, 0.3) is 0 Å². The molecule has 0 aliphatic carbocycles. The Morgan fingerprint density at radius 3 is 2.68 bits per heavy atom. The fraction of sp³-hybridized carbons (Fsp3) is 0.364. The second-order valence-corrected chi connectivity index (χ2v) is 15.7. The standard InChI is InChI=1S/C44H45ClFN3O7S/c1-27-40-36(15-14-34(45)41(40)42-35(24-56-39-7-4-5-18-55-39)47-49-17-20-53-25-37(42)49)48(43(27)44(50)52-3)16-6-19-54-38-23-32(22-29-21-30(46)10-13-33(29)38)57-26-28-8-11-31(51-2)12-9-28/h8-15,21-23,39H,4-7,16-20,24-26H2,1-3H3. The number of methoxy groups -OCH3 is 2. The summed E-state index contributed by atoms with van der Waals surface area (Å²) in [6.45, 7) is 5.20. The number of rotatable bonds is 14. The molecular weight excluding hydrogens is 769 g/mol. The molecule has 4 heterocycles. The minimum Gasteiger partial charge on any atom is -0.497 e. The van der Waals surface area contributed by atoms with E-state index in [1.54, 1.807) is 24.9 Å². The number of carbonyl (C=O) groups excluding carboxylic acids is 1. The molecule has 6 aromatic rings. The molecule has 0 spiro atoms. The van der Waals surface area contributed by atoms with Crippen LogP contribution in [0.25, 0.3) is 32.8 Å². The van der Waals surface area contributed by atoms with Crippen molar-refractivity contribution in [1.29, 1.82) is 0 Å². The quantitative estimate of drug-likeness (QED) is 0.0605. The molecular formula is C44H45ClFN3O7S. The van der Waals surface area contributed by atoms with Crippen molar-refractivity contribution in [2.75, 3.05) is 34.0 Å². The normalized spacial score (nSPS) is 15.6. The fourth-order valence-electron chi connectivity index (χ4n) is 7.83. The second-order valence-electron chi connectivity index (χ2n) is 14.2. The fourth-order valence-corrected chi connectivity index (χ4v) is 9.01. The van der Waals surface area contributed by atoms with Gasteiger partial charge in [0.15, 0.2) is 6.29 Å². The summed E-state index contributed by atoms with van der Waals surface area (Å²) in [6.07, 6.45) is 3.19. The van der Waals surface area contributed by atoms with Crippen LogP contribution in [0, 0.1) is 12.7 Å². The molecule has 2 aliphatic heterocycles. The van der Waals surface area contributed by atoms with E-state index in [1.165, 1.54) is 19.2 Å². The highest BCUT2D eigenvalue weighted by molar-refractivity contribution is 7.98. The van der Waals surface area contributed by atoms with Gasteiger partial charge >= 0.3 is 5.97 Å². The van der Waals surface area contributed by atoms with Crippen molar-refractivity contribution >= 4 is 51.0 Å². The van der Waals surface area contributed by atoms with Gasteiger partial charge < -0.3 is 33.0 Å². The molecule has 298 valence electrons. The van der Waals surface area contributed by atoms with E-state index >= 15 is 0 Å². The molecule has 1 fully saturated rings. The Bertz CT molecular complexity index is 2410. The summed E-state index contributed by atoms with van der Waals surface area (Å²) in [7, 11) is 3.04. The molecule has 1 unspecified atom stereocenters. The van der Waals surface area contributed by atoms with E-state index in [1.807, 2.05) is 64.7 Å². The van der Waals surface area contributed by atoms with Gasteiger partial charge in [-0.2, -0.15) is 5.10 Å². The molecule has 0 amide bonds. The van der Waals surface area contributed by atoms with Crippen LogP contribution < -0.4 is 9.47 Å². The number of aryl methyl sites for hydroxylation is 2. The zero-order valence-corrected chi connectivity index (χ0v) is 33.8. The maximum atomic E-state index is 14.4. The molecule has 0 radical (unpaired) electrons. The summed E-state index contributed by atoms with van der Waals surface area (Å²) in [4.78, 5) is 14.5. The molecule has 4 aromatic carbocycles. The molecule has 2 aromatic heterocycles. The minimum absolute atomic E-state index is 0.246. The first-order valence-corrected chi connectivity index (χ1v) is 20.6. The van der Waals surface area contributed by atoms with Crippen molar-refractivity contribution in [2.24, 2.45) is 0 Å². The van der Waals surface area contributed by atoms with Crippen LogP contribution in [-0.2, 0) is 51.0 Å². The number of aromatic nitrogens is 3. The van der Waals surface area contributed by atoms with Crippen LogP contribution >= 0.6 is 23.4 Å². The van der Waals surface area contributed by atoms with Crippen LogP contribution in [-0.4, -0.2) is 60.6 Å². The number of hydrogen-bond donors (Lipinski definition) is 0. The third kappa shape index (κ3) is 8.24. The average molecular weight is 814 g/mol. The van der Waals surface area contributed by atoms with Gasteiger partial charge in [0.05, 0.1) is 58.6 Å². The SMILES string of the molecule is COC(=O)c1c(C)c2c(-c3c(COC4CCCCO4)nn4c3COCC4)c(Cl)ccc2n1CCCOc1cc(SCc2ccc(OC)cc2)cc2cc(F)ccc12. The molecule has 0 saturated carbocycles. The van der Waals surface area contributed by atoms with E-state index in [-0.39, 0.29) is 18.7 Å². The van der Waals surface area contributed by atoms with Gasteiger partial charge in [-0.25, -0.2) is 9.18 Å². The lowest BCUT2D eigenvalue weighted by Gasteiger charge is -2.22. The average Bonchev–Trinajstić information content (AvgIpc) is 3.74. The predicted octanol–water partition coefficient (Wildman–Crippen LogP) is 9.89. The van der Waals surface area contributed by atoms with Crippen LogP contribution in [0.1, 0.15) is 58.7 Å². The first-order valence-electron chi connectivity index (χ1n) is 19.2. The van der Waals surface area contributed by atoms with Crippen LogP contribution in [0.2, 0.25) is 5.02 Å². The largest absolute Gasteiger partial charge is 0.497 e. The number of thioether (sulfide) groups is 1. The highest BCUT2D eigenvalue weighted by Gasteiger charge is 2.30. The van der Waals surface area contributed by atoms with E-state index in [2.05, 4.69) is 0 Å². The first kappa shape index (κ1) is 39.2. The number of ether oxygens (including phenoxy) is 6. The van der Waals surface area contributed by atoms with Gasteiger partial charge in [0.2, 0.25) is 0 Å². The van der Waals surface area contributed by atoms with E-state index in [0.717, 1.165) is 91.0 Å². The smallest absolute Gasteiger partial charge is 0.354 e. The summed E-state index contributed by atoms with van der Waals surface area (Å²) in [5, 5.41) is 7.94. The topological polar surface area (TPSA) is 95.2 Å². The molecule has 13 heteroatoms. The number of esters is 1. The van der Waals surface area contributed by atoms with Gasteiger partial charge in [-0.1, -0.05) is 23.7 Å². The van der Waals surface area contributed by atoms with Gasteiger partial charge in [0, 0.05) is 56.2 Å². The Balaban J connectivity index is 1.08. The summed E-state index contributed by atoms with van der Waals surface area (Å²) >= 11 is 8.77. The lowest BCUT2D eigenvalue weighted by molar-refractivity contribution is -0.169. The van der Waals surface area contributed by atoms with Crippen molar-refractivity contribution < 1.29 is 37.6 Å². The van der Waals surface area contributed by atoms with Crippen LogP contribution in [0.3, 0.4) is 0 Å². The Kier molecular flexibility index (Phi) is 12.0. The van der Waals surface area contributed by atoms with E-state index in [4.69, 9.17) is 45.1 Å². The number of nitrogens with zero attached hydrogens (tertiary/aromatic N) is 3. The summed E-state index contributed by atoms with van der Waals surface area (Å²) in [5.41, 5.74) is 6.47. The molecule has 0 bridgehead atoms. The van der Waals surface area contributed by atoms with Crippen molar-refractivity contribution in [3.8, 4) is 22.6 Å². The van der Waals surface area contributed by atoms with Crippen molar-refractivity contribution in [1.82, 2.24) is 14.3 Å². The van der Waals surface area contributed by atoms with E-state index in [9.17, 15) is 9.18 Å². The minimum atomic E-state index is -0.445. The molecule has 8 rings (SSSR count). The van der Waals surface area contributed by atoms with Crippen molar-refractivity contribution in [3.05, 3.63) is 106 Å². The molecule has 1 saturated heterocycles. The highest BCUT2D eigenvalue weighted by atomic mass is 35.5. The zero-order valence-electron chi connectivity index (χ0n) is 32.3. The predicted molar refractivity (Wildman–Crippen MR) is 219 cm³/mol. The van der Waals surface area contributed by atoms with Crippen LogP contribution in [0.5, 0.6) is 11.5 Å². The summed E-state index contributed by atoms with van der Waals surface area (Å²) < 4.78 is 53.5. The molecule has 1 atom stereocenters. The Labute approximate surface area is 340 Å². The van der Waals surface area contributed by atoms with Gasteiger partial charge in [0.1, 0.15) is 23.0 Å². The third-order valence-corrected chi connectivity index (χ3v) is 12.0. The molecule has 57 heavy (non-hydrogen) atoms. The first-order chi connectivity index (χ1) is 27.8. The number of benzene rings is 4. The number of hydrogen-bond acceptors (Lipinski definition) is 9. The number of carbonyl (C=O) groups is 1. The van der Waals surface area contributed by atoms with Crippen LogP contribution in [0.4, 0.5) is 4.39 Å². The van der Waals surface area contributed by atoms with Crippen molar-refractivity contribution in [3.63, 3.8) is 0 Å². The highest BCUT2D eigenvalue weighted by Crippen LogP contribution is 2.44. The lowest BCUT2D eigenvalue weighted by atomic mass is 9.96. The van der Waals surface area contributed by atoms with Gasteiger partial charge in [-0.3, -0.25) is 4.68 Å². The Morgan fingerprint density at radius 2 is 1.89 bits per heavy atom.